The summed E-state index contributed by atoms with van der Waals surface area (Å²) in [7, 11) is -3.79. The van der Waals surface area contributed by atoms with Gasteiger partial charge in [-0.15, -0.1) is 0 Å². The van der Waals surface area contributed by atoms with Gasteiger partial charge >= 0.3 is 0 Å². The lowest BCUT2D eigenvalue weighted by atomic mass is 9.86. The number of amides is 1. The summed E-state index contributed by atoms with van der Waals surface area (Å²) in [5.74, 6) is -0.388. The number of carbonyl (C=O) groups is 1. The monoisotopic (exact) mass is 528 g/mol. The van der Waals surface area contributed by atoms with Crippen molar-refractivity contribution in [1.82, 2.24) is 4.31 Å². The highest BCUT2D eigenvalue weighted by Crippen LogP contribution is 2.30. The summed E-state index contributed by atoms with van der Waals surface area (Å²) in [5, 5.41) is 13.8. The molecule has 0 aliphatic carbocycles. The molecular weight excluding hydrogens is 504 g/mol. The quantitative estimate of drug-likeness (QED) is 0.494. The number of benzene rings is 3. The van der Waals surface area contributed by atoms with Gasteiger partial charge in [0, 0.05) is 35.2 Å². The first-order valence-electron chi connectivity index (χ1n) is 10.7. The molecule has 1 fully saturated rings. The maximum absolute atomic E-state index is 13.2. The third-order valence-corrected chi connectivity index (χ3v) is 8.23. The molecule has 0 unspecified atom stereocenters. The Bertz CT molecular complexity index is 1240. The molecule has 33 heavy (non-hydrogen) atoms. The van der Waals surface area contributed by atoms with Crippen LogP contribution in [0.15, 0.2) is 88.2 Å². The zero-order valence-electron chi connectivity index (χ0n) is 17.9. The number of sulfonamides is 1. The Balaban J connectivity index is 1.45. The summed E-state index contributed by atoms with van der Waals surface area (Å²) < 4.78 is 28.7. The van der Waals surface area contributed by atoms with Crippen molar-refractivity contribution in [3.8, 4) is 0 Å². The van der Waals surface area contributed by atoms with Crippen molar-refractivity contribution in [2.45, 2.75) is 29.8 Å². The van der Waals surface area contributed by atoms with E-state index in [0.29, 0.717) is 24.9 Å². The van der Waals surface area contributed by atoms with Crippen LogP contribution >= 0.6 is 15.9 Å². The van der Waals surface area contributed by atoms with Gasteiger partial charge in [-0.1, -0.05) is 58.4 Å². The van der Waals surface area contributed by atoms with Crippen LogP contribution < -0.4 is 5.32 Å². The van der Waals surface area contributed by atoms with Gasteiger partial charge < -0.3 is 10.4 Å². The number of anilines is 1. The molecule has 3 aromatic rings. The van der Waals surface area contributed by atoms with E-state index < -0.39 is 15.6 Å². The van der Waals surface area contributed by atoms with Crippen LogP contribution in [0.5, 0.6) is 0 Å². The summed E-state index contributed by atoms with van der Waals surface area (Å²) in [6.07, 6.45) is 1.20. The summed E-state index contributed by atoms with van der Waals surface area (Å²) in [6, 6.07) is 22.9. The maximum atomic E-state index is 13.2. The lowest BCUT2D eigenvalue weighted by Crippen LogP contribution is -2.47. The van der Waals surface area contributed by atoms with Gasteiger partial charge in [0.05, 0.1) is 10.5 Å². The molecule has 6 nitrogen and oxygen atoms in total. The molecule has 4 rings (SSSR count). The molecule has 1 amide bonds. The zero-order chi connectivity index (χ0) is 23.5. The maximum Gasteiger partial charge on any atom is 0.255 e. The third-order valence-electron chi connectivity index (χ3n) is 5.85. The zero-order valence-corrected chi connectivity index (χ0v) is 20.3. The van der Waals surface area contributed by atoms with Gasteiger partial charge in [0.25, 0.3) is 5.91 Å². The highest BCUT2D eigenvalue weighted by Gasteiger charge is 2.37. The standard InChI is InChI=1S/C25H25BrN2O4S/c26-21-9-5-10-22(17-21)27-24(29)20-8-4-11-23(16-20)33(31,32)28-14-12-25(30,13-15-28)18-19-6-2-1-3-7-19/h1-11,16-17,30H,12-15,18H2,(H,27,29). The fourth-order valence-electron chi connectivity index (χ4n) is 4.01. The normalized spacial score (nSPS) is 16.3. The number of carbonyl (C=O) groups excluding carboxylic acids is 1. The number of hydrogen-bond donors (Lipinski definition) is 2. The van der Waals surface area contributed by atoms with Crippen molar-refractivity contribution in [2.75, 3.05) is 18.4 Å². The molecule has 0 spiro atoms. The van der Waals surface area contributed by atoms with Crippen molar-refractivity contribution in [3.05, 3.63) is 94.5 Å². The van der Waals surface area contributed by atoms with Crippen LogP contribution in [0.2, 0.25) is 0 Å². The Morgan fingerprint density at radius 2 is 1.67 bits per heavy atom. The van der Waals surface area contributed by atoms with Crippen molar-refractivity contribution >= 4 is 37.5 Å². The number of halogens is 1. The van der Waals surface area contributed by atoms with E-state index in [1.807, 2.05) is 36.4 Å². The molecule has 2 N–H and O–H groups in total. The highest BCUT2D eigenvalue weighted by atomic mass is 79.9. The minimum Gasteiger partial charge on any atom is -0.389 e. The molecule has 1 saturated heterocycles. The van der Waals surface area contributed by atoms with Crippen molar-refractivity contribution in [1.29, 1.82) is 0 Å². The predicted octanol–water partition coefficient (Wildman–Crippen LogP) is 4.46. The number of aliphatic hydroxyl groups is 1. The van der Waals surface area contributed by atoms with Crippen molar-refractivity contribution in [3.63, 3.8) is 0 Å². The van der Waals surface area contributed by atoms with Crippen LogP contribution in [0.1, 0.15) is 28.8 Å². The second-order valence-electron chi connectivity index (χ2n) is 8.28. The van der Waals surface area contributed by atoms with Crippen LogP contribution in [0.25, 0.3) is 0 Å². The summed E-state index contributed by atoms with van der Waals surface area (Å²) in [4.78, 5) is 12.7. The number of nitrogens with one attached hydrogen (secondary N) is 1. The fraction of sp³-hybridized carbons (Fsp3) is 0.240. The molecule has 172 valence electrons. The van der Waals surface area contributed by atoms with E-state index in [4.69, 9.17) is 0 Å². The predicted molar refractivity (Wildman–Crippen MR) is 132 cm³/mol. The molecule has 1 aliphatic heterocycles. The summed E-state index contributed by atoms with van der Waals surface area (Å²) >= 11 is 3.36. The Morgan fingerprint density at radius 3 is 2.36 bits per heavy atom. The Morgan fingerprint density at radius 1 is 0.970 bits per heavy atom. The van der Waals surface area contributed by atoms with Gasteiger partial charge in [0.1, 0.15) is 0 Å². The first kappa shape index (κ1) is 23.6. The van der Waals surface area contributed by atoms with E-state index >= 15 is 0 Å². The Kier molecular flexibility index (Phi) is 6.99. The topological polar surface area (TPSA) is 86.7 Å². The number of rotatable bonds is 6. The fourth-order valence-corrected chi connectivity index (χ4v) is 5.90. The van der Waals surface area contributed by atoms with Crippen LogP contribution in [0, 0.1) is 0 Å². The minimum atomic E-state index is -3.79. The third kappa shape index (κ3) is 5.70. The lowest BCUT2D eigenvalue weighted by molar-refractivity contribution is -0.00441. The van der Waals surface area contributed by atoms with E-state index in [1.165, 1.54) is 16.4 Å². The van der Waals surface area contributed by atoms with Crippen LogP contribution in [0.4, 0.5) is 5.69 Å². The van der Waals surface area contributed by atoms with Gasteiger partial charge in [-0.2, -0.15) is 4.31 Å². The Labute approximate surface area is 202 Å². The van der Waals surface area contributed by atoms with E-state index in [9.17, 15) is 18.3 Å². The molecule has 0 atom stereocenters. The molecule has 0 bridgehead atoms. The highest BCUT2D eigenvalue weighted by molar-refractivity contribution is 9.10. The second-order valence-corrected chi connectivity index (χ2v) is 11.1. The molecule has 0 saturated carbocycles. The largest absolute Gasteiger partial charge is 0.389 e. The van der Waals surface area contributed by atoms with Crippen LogP contribution in [-0.4, -0.2) is 42.4 Å². The first-order valence-corrected chi connectivity index (χ1v) is 12.9. The average molecular weight is 529 g/mol. The van der Waals surface area contributed by atoms with Crippen molar-refractivity contribution in [2.24, 2.45) is 0 Å². The van der Waals surface area contributed by atoms with Crippen LogP contribution in [-0.2, 0) is 16.4 Å². The molecule has 1 heterocycles. The van der Waals surface area contributed by atoms with Gasteiger partial charge in [-0.05, 0) is 54.8 Å². The molecule has 3 aromatic carbocycles. The average Bonchev–Trinajstić information content (AvgIpc) is 2.80. The summed E-state index contributed by atoms with van der Waals surface area (Å²) in [5.41, 5.74) is 0.962. The van der Waals surface area contributed by atoms with E-state index in [2.05, 4.69) is 21.2 Å². The smallest absolute Gasteiger partial charge is 0.255 e. The lowest BCUT2D eigenvalue weighted by Gasteiger charge is -2.37. The molecule has 8 heteroatoms. The molecule has 1 aliphatic rings. The van der Waals surface area contributed by atoms with E-state index in [0.717, 1.165) is 10.0 Å². The molecular formula is C25H25BrN2O4S. The SMILES string of the molecule is O=C(Nc1cccc(Br)c1)c1cccc(S(=O)(=O)N2CCC(O)(Cc3ccccc3)CC2)c1. The van der Waals surface area contributed by atoms with Gasteiger partial charge in [-0.3, -0.25) is 4.79 Å². The van der Waals surface area contributed by atoms with Crippen molar-refractivity contribution < 1.29 is 18.3 Å². The first-order chi connectivity index (χ1) is 15.7. The van der Waals surface area contributed by atoms with E-state index in [1.54, 1.807) is 30.3 Å². The number of hydrogen-bond acceptors (Lipinski definition) is 4. The summed E-state index contributed by atoms with van der Waals surface area (Å²) in [6.45, 7) is 0.445. The number of nitrogens with zero attached hydrogens (tertiary/aromatic N) is 1. The minimum absolute atomic E-state index is 0.0675. The van der Waals surface area contributed by atoms with Gasteiger partial charge in [0.2, 0.25) is 10.0 Å². The number of piperidine rings is 1. The van der Waals surface area contributed by atoms with Gasteiger partial charge in [-0.25, -0.2) is 8.42 Å². The molecule has 0 radical (unpaired) electrons. The van der Waals surface area contributed by atoms with Crippen LogP contribution in [0.3, 0.4) is 0 Å². The second kappa shape index (κ2) is 9.77. The Hall–Kier alpha value is -2.52. The molecule has 0 aromatic heterocycles. The van der Waals surface area contributed by atoms with E-state index in [-0.39, 0.29) is 29.5 Å². The van der Waals surface area contributed by atoms with Gasteiger partial charge in [0.15, 0.2) is 0 Å².